The maximum atomic E-state index is 13.6. The first-order chi connectivity index (χ1) is 8.70. The van der Waals surface area contributed by atoms with Crippen molar-refractivity contribution in [1.29, 1.82) is 0 Å². The van der Waals surface area contributed by atoms with Gasteiger partial charge in [-0.3, -0.25) is 4.79 Å². The standard InChI is InChI=1S/C14H18FNO3/c1-14(2,3)6-7-16-12(17)10-5-4-9(13(18)19)8-11(10)15/h4-5,8H,6-7H2,1-3H3,(H,16,17)(H,18,19). The Balaban J connectivity index is 2.70. The van der Waals surface area contributed by atoms with Gasteiger partial charge in [0.15, 0.2) is 0 Å². The van der Waals surface area contributed by atoms with Crippen LogP contribution in [-0.4, -0.2) is 23.5 Å². The van der Waals surface area contributed by atoms with E-state index in [1.807, 2.05) is 20.8 Å². The van der Waals surface area contributed by atoms with Crippen molar-refractivity contribution in [2.24, 2.45) is 5.41 Å². The van der Waals surface area contributed by atoms with Gasteiger partial charge in [-0.25, -0.2) is 9.18 Å². The fourth-order valence-electron chi connectivity index (χ4n) is 1.48. The van der Waals surface area contributed by atoms with Crippen LogP contribution >= 0.6 is 0 Å². The Morgan fingerprint density at radius 3 is 2.42 bits per heavy atom. The van der Waals surface area contributed by atoms with E-state index in [1.54, 1.807) is 0 Å². The SMILES string of the molecule is CC(C)(C)CCNC(=O)c1ccc(C(=O)O)cc1F. The van der Waals surface area contributed by atoms with Crippen molar-refractivity contribution in [2.45, 2.75) is 27.2 Å². The van der Waals surface area contributed by atoms with Gasteiger partial charge in [0.2, 0.25) is 0 Å². The van der Waals surface area contributed by atoms with Gasteiger partial charge in [0, 0.05) is 6.54 Å². The predicted octanol–water partition coefficient (Wildman–Crippen LogP) is 2.69. The van der Waals surface area contributed by atoms with Crippen LogP contribution in [0, 0.1) is 11.2 Å². The molecule has 104 valence electrons. The van der Waals surface area contributed by atoms with Crippen molar-refractivity contribution in [3.05, 3.63) is 35.1 Å². The number of hydrogen-bond acceptors (Lipinski definition) is 2. The smallest absolute Gasteiger partial charge is 0.335 e. The van der Waals surface area contributed by atoms with Crippen molar-refractivity contribution in [2.75, 3.05) is 6.54 Å². The number of carbonyl (C=O) groups excluding carboxylic acids is 1. The molecule has 0 fully saturated rings. The van der Waals surface area contributed by atoms with Gasteiger partial charge in [-0.2, -0.15) is 0 Å². The van der Waals surface area contributed by atoms with E-state index >= 15 is 0 Å². The highest BCUT2D eigenvalue weighted by Gasteiger charge is 2.15. The number of rotatable bonds is 4. The van der Waals surface area contributed by atoms with Crippen molar-refractivity contribution in [3.63, 3.8) is 0 Å². The summed E-state index contributed by atoms with van der Waals surface area (Å²) in [6.45, 7) is 6.58. The second kappa shape index (κ2) is 5.82. The van der Waals surface area contributed by atoms with Crippen LogP contribution in [0.3, 0.4) is 0 Å². The van der Waals surface area contributed by atoms with Gasteiger partial charge < -0.3 is 10.4 Å². The topological polar surface area (TPSA) is 66.4 Å². The van der Waals surface area contributed by atoms with Crippen LogP contribution in [0.2, 0.25) is 0 Å². The molecule has 0 bridgehead atoms. The first kappa shape index (κ1) is 15.1. The molecule has 0 saturated heterocycles. The van der Waals surface area contributed by atoms with Crippen LogP contribution in [0.15, 0.2) is 18.2 Å². The van der Waals surface area contributed by atoms with Gasteiger partial charge in [-0.15, -0.1) is 0 Å². The lowest BCUT2D eigenvalue weighted by atomic mass is 9.92. The lowest BCUT2D eigenvalue weighted by molar-refractivity contribution is 0.0695. The van der Waals surface area contributed by atoms with E-state index in [0.717, 1.165) is 12.5 Å². The monoisotopic (exact) mass is 267 g/mol. The van der Waals surface area contributed by atoms with Gasteiger partial charge in [0.1, 0.15) is 5.82 Å². The summed E-state index contributed by atoms with van der Waals surface area (Å²) in [6, 6.07) is 3.25. The zero-order valence-corrected chi connectivity index (χ0v) is 11.3. The maximum absolute atomic E-state index is 13.6. The lowest BCUT2D eigenvalue weighted by Gasteiger charge is -2.18. The number of halogens is 1. The molecule has 1 aromatic carbocycles. The minimum Gasteiger partial charge on any atom is -0.478 e. The van der Waals surface area contributed by atoms with Crippen LogP contribution in [0.25, 0.3) is 0 Å². The van der Waals surface area contributed by atoms with E-state index in [1.165, 1.54) is 12.1 Å². The molecule has 0 aromatic heterocycles. The minimum absolute atomic E-state index is 0.0823. The summed E-state index contributed by atoms with van der Waals surface area (Å²) in [5.74, 6) is -2.58. The Hall–Kier alpha value is -1.91. The Morgan fingerprint density at radius 1 is 1.32 bits per heavy atom. The second-order valence-corrected chi connectivity index (χ2v) is 5.57. The third kappa shape index (κ3) is 4.69. The number of benzene rings is 1. The van der Waals surface area contributed by atoms with Gasteiger partial charge in [-0.05, 0) is 30.0 Å². The largest absolute Gasteiger partial charge is 0.478 e. The predicted molar refractivity (Wildman–Crippen MR) is 69.8 cm³/mol. The molecule has 0 atom stereocenters. The van der Waals surface area contributed by atoms with Crippen molar-refractivity contribution in [3.8, 4) is 0 Å². The van der Waals surface area contributed by atoms with Crippen LogP contribution in [0.4, 0.5) is 4.39 Å². The fraction of sp³-hybridized carbons (Fsp3) is 0.429. The van der Waals surface area contributed by atoms with Gasteiger partial charge in [-0.1, -0.05) is 20.8 Å². The average Bonchev–Trinajstić information content (AvgIpc) is 2.26. The number of amides is 1. The quantitative estimate of drug-likeness (QED) is 0.881. The first-order valence-corrected chi connectivity index (χ1v) is 6.02. The molecule has 5 heteroatoms. The first-order valence-electron chi connectivity index (χ1n) is 6.02. The average molecular weight is 267 g/mol. The van der Waals surface area contributed by atoms with E-state index in [9.17, 15) is 14.0 Å². The van der Waals surface area contributed by atoms with Gasteiger partial charge in [0.05, 0.1) is 11.1 Å². The van der Waals surface area contributed by atoms with E-state index in [4.69, 9.17) is 5.11 Å². The number of carboxylic acid groups (broad SMARTS) is 1. The minimum atomic E-state index is -1.22. The summed E-state index contributed by atoms with van der Waals surface area (Å²) in [5.41, 5.74) is -0.235. The lowest BCUT2D eigenvalue weighted by Crippen LogP contribution is -2.28. The van der Waals surface area contributed by atoms with Crippen LogP contribution < -0.4 is 5.32 Å². The summed E-state index contributed by atoms with van der Waals surface area (Å²) >= 11 is 0. The summed E-state index contributed by atoms with van der Waals surface area (Å²) in [7, 11) is 0. The molecule has 0 aliphatic rings. The zero-order valence-electron chi connectivity index (χ0n) is 11.3. The highest BCUT2D eigenvalue weighted by molar-refractivity contribution is 5.96. The highest BCUT2D eigenvalue weighted by atomic mass is 19.1. The zero-order chi connectivity index (χ0) is 14.6. The Labute approximate surface area is 111 Å². The van der Waals surface area contributed by atoms with Gasteiger partial charge >= 0.3 is 5.97 Å². The Bertz CT molecular complexity index is 492. The maximum Gasteiger partial charge on any atom is 0.335 e. The van der Waals surface area contributed by atoms with E-state index in [0.29, 0.717) is 6.54 Å². The molecule has 0 spiro atoms. The number of hydrogen-bond donors (Lipinski definition) is 2. The number of nitrogens with one attached hydrogen (secondary N) is 1. The fourth-order valence-corrected chi connectivity index (χ4v) is 1.48. The van der Waals surface area contributed by atoms with E-state index < -0.39 is 17.7 Å². The van der Waals surface area contributed by atoms with Crippen LogP contribution in [0.5, 0.6) is 0 Å². The van der Waals surface area contributed by atoms with Crippen LogP contribution in [-0.2, 0) is 0 Å². The van der Waals surface area contributed by atoms with E-state index in [-0.39, 0.29) is 16.5 Å². The molecule has 0 unspecified atom stereocenters. The third-order valence-electron chi connectivity index (χ3n) is 2.62. The molecule has 1 aromatic rings. The molecule has 0 saturated carbocycles. The van der Waals surface area contributed by atoms with Gasteiger partial charge in [0.25, 0.3) is 5.91 Å². The Morgan fingerprint density at radius 2 is 1.95 bits per heavy atom. The van der Waals surface area contributed by atoms with Crippen molar-refractivity contribution in [1.82, 2.24) is 5.32 Å². The number of carboxylic acids is 1. The molecule has 0 radical (unpaired) electrons. The number of carbonyl (C=O) groups is 2. The summed E-state index contributed by atoms with van der Waals surface area (Å²) in [5, 5.41) is 11.3. The molecule has 2 N–H and O–H groups in total. The molecule has 1 amide bonds. The Kier molecular flexibility index (Phi) is 4.64. The molecule has 0 heterocycles. The molecule has 1 rings (SSSR count). The number of aromatic carboxylic acids is 1. The normalized spacial score (nSPS) is 11.2. The molecular formula is C14H18FNO3. The molecule has 19 heavy (non-hydrogen) atoms. The molecule has 4 nitrogen and oxygen atoms in total. The summed E-state index contributed by atoms with van der Waals surface area (Å²) < 4.78 is 13.6. The second-order valence-electron chi connectivity index (χ2n) is 5.57. The van der Waals surface area contributed by atoms with Crippen LogP contribution in [0.1, 0.15) is 47.9 Å². The van der Waals surface area contributed by atoms with Crippen molar-refractivity contribution >= 4 is 11.9 Å². The highest BCUT2D eigenvalue weighted by Crippen LogP contribution is 2.17. The molecule has 0 aliphatic heterocycles. The molecular weight excluding hydrogens is 249 g/mol. The van der Waals surface area contributed by atoms with Crippen molar-refractivity contribution < 1.29 is 19.1 Å². The molecule has 0 aliphatic carbocycles. The van der Waals surface area contributed by atoms with E-state index in [2.05, 4.69) is 5.32 Å². The summed E-state index contributed by atoms with van der Waals surface area (Å²) in [6.07, 6.45) is 0.771. The summed E-state index contributed by atoms with van der Waals surface area (Å²) in [4.78, 5) is 22.4. The third-order valence-corrected chi connectivity index (χ3v) is 2.62.